The molecule has 0 spiro atoms. The van der Waals surface area contributed by atoms with E-state index in [2.05, 4.69) is 0 Å². The van der Waals surface area contributed by atoms with Crippen molar-refractivity contribution < 1.29 is 19.6 Å². The van der Waals surface area contributed by atoms with E-state index in [9.17, 15) is 24.8 Å². The van der Waals surface area contributed by atoms with E-state index in [0.29, 0.717) is 18.1 Å². The quantitative estimate of drug-likeness (QED) is 0.619. The second-order valence-electron chi connectivity index (χ2n) is 4.45. The fraction of sp³-hybridized carbons (Fsp3) is 0.333. The lowest BCUT2D eigenvalue weighted by molar-refractivity contribution is -0.384. The van der Waals surface area contributed by atoms with Gasteiger partial charge in [0.15, 0.2) is 0 Å². The van der Waals surface area contributed by atoms with Gasteiger partial charge in [-0.2, -0.15) is 11.8 Å². The highest BCUT2D eigenvalue weighted by atomic mass is 32.2. The second kappa shape index (κ2) is 6.00. The molecule has 1 heterocycles. The fourth-order valence-corrected chi connectivity index (χ4v) is 3.20. The van der Waals surface area contributed by atoms with E-state index in [4.69, 9.17) is 5.73 Å². The van der Waals surface area contributed by atoms with Crippen LogP contribution in [0.25, 0.3) is 0 Å². The van der Waals surface area contributed by atoms with Crippen LogP contribution in [0.5, 0.6) is 0 Å². The summed E-state index contributed by atoms with van der Waals surface area (Å²) in [5.74, 6) is -0.792. The van der Waals surface area contributed by atoms with Crippen LogP contribution in [0.1, 0.15) is 10.4 Å². The van der Waals surface area contributed by atoms with E-state index in [-0.39, 0.29) is 16.9 Å². The number of nitro benzene ring substituents is 1. The molecule has 0 saturated carbocycles. The van der Waals surface area contributed by atoms with Gasteiger partial charge in [-0.1, -0.05) is 0 Å². The van der Waals surface area contributed by atoms with E-state index in [0.717, 1.165) is 0 Å². The van der Waals surface area contributed by atoms with Gasteiger partial charge < -0.3 is 15.7 Å². The van der Waals surface area contributed by atoms with Gasteiger partial charge in [0.05, 0.1) is 4.92 Å². The molecule has 0 aliphatic carbocycles. The van der Waals surface area contributed by atoms with Crippen LogP contribution in [0.4, 0.5) is 11.4 Å². The van der Waals surface area contributed by atoms with Crippen molar-refractivity contribution in [2.24, 2.45) is 5.73 Å². The monoisotopic (exact) mass is 311 g/mol. The molecule has 112 valence electrons. The Hall–Kier alpha value is -2.29. The van der Waals surface area contributed by atoms with Crippen LogP contribution >= 0.6 is 11.8 Å². The van der Waals surface area contributed by atoms with Crippen LogP contribution in [0.15, 0.2) is 18.2 Å². The fourth-order valence-electron chi connectivity index (χ4n) is 2.16. The van der Waals surface area contributed by atoms with Crippen molar-refractivity contribution in [1.82, 2.24) is 0 Å². The van der Waals surface area contributed by atoms with Crippen LogP contribution < -0.4 is 10.6 Å². The summed E-state index contributed by atoms with van der Waals surface area (Å²) < 4.78 is 0. The summed E-state index contributed by atoms with van der Waals surface area (Å²) in [5.41, 5.74) is 5.17. The van der Waals surface area contributed by atoms with Crippen LogP contribution in [-0.2, 0) is 4.79 Å². The van der Waals surface area contributed by atoms with Crippen molar-refractivity contribution >= 4 is 35.0 Å². The van der Waals surface area contributed by atoms with Crippen molar-refractivity contribution in [2.45, 2.75) is 6.04 Å². The van der Waals surface area contributed by atoms with Crippen LogP contribution in [0.3, 0.4) is 0 Å². The first-order valence-electron chi connectivity index (χ1n) is 6.07. The first kappa shape index (κ1) is 15.1. The maximum absolute atomic E-state index is 11.3. The number of amides is 1. The smallest absolute Gasteiger partial charge is 0.327 e. The molecule has 1 aliphatic heterocycles. The predicted molar refractivity (Wildman–Crippen MR) is 77.7 cm³/mol. The minimum atomic E-state index is -1.05. The first-order valence-corrected chi connectivity index (χ1v) is 7.22. The van der Waals surface area contributed by atoms with Crippen molar-refractivity contribution in [3.8, 4) is 0 Å². The Balaban J connectivity index is 2.52. The number of carbonyl (C=O) groups excluding carboxylic acids is 1. The number of nitrogens with zero attached hydrogens (tertiary/aromatic N) is 2. The molecular formula is C12H13N3O5S. The number of hydrogen-bond donors (Lipinski definition) is 2. The standard InChI is InChI=1S/C12H13N3O5S/c13-11(16)7-1-2-8(15(19)20)9(5-7)14-3-4-21-6-10(14)12(17)18/h1-2,5,10H,3-4,6H2,(H2,13,16)(H,17,18). The first-order chi connectivity index (χ1) is 9.91. The number of carboxylic acid groups (broad SMARTS) is 1. The molecule has 1 aliphatic rings. The molecule has 1 amide bonds. The highest BCUT2D eigenvalue weighted by molar-refractivity contribution is 7.99. The number of primary amides is 1. The number of hydrogen-bond acceptors (Lipinski definition) is 6. The van der Waals surface area contributed by atoms with Gasteiger partial charge in [-0.15, -0.1) is 0 Å². The molecule has 1 fully saturated rings. The lowest BCUT2D eigenvalue weighted by Gasteiger charge is -2.34. The molecule has 1 aromatic rings. The molecular weight excluding hydrogens is 298 g/mol. The summed E-state index contributed by atoms with van der Waals surface area (Å²) in [4.78, 5) is 34.6. The molecule has 9 heteroatoms. The van der Waals surface area contributed by atoms with Gasteiger partial charge >= 0.3 is 5.97 Å². The SMILES string of the molecule is NC(=O)c1ccc([N+](=O)[O-])c(N2CCSCC2C(=O)O)c1. The largest absolute Gasteiger partial charge is 0.480 e. The highest BCUT2D eigenvalue weighted by Crippen LogP contribution is 2.33. The Labute approximate surface area is 124 Å². The topological polar surface area (TPSA) is 127 Å². The normalized spacial score (nSPS) is 18.3. The summed E-state index contributed by atoms with van der Waals surface area (Å²) in [6, 6.07) is 2.85. The number of nitrogens with two attached hydrogens (primary N) is 1. The average Bonchev–Trinajstić information content (AvgIpc) is 2.46. The van der Waals surface area contributed by atoms with E-state index in [1.807, 2.05) is 0 Å². The van der Waals surface area contributed by atoms with Crippen molar-refractivity contribution in [1.29, 1.82) is 0 Å². The molecule has 2 rings (SSSR count). The number of carboxylic acids is 1. The number of benzene rings is 1. The van der Waals surface area contributed by atoms with E-state index < -0.39 is 22.8 Å². The highest BCUT2D eigenvalue weighted by Gasteiger charge is 2.33. The molecule has 1 atom stereocenters. The summed E-state index contributed by atoms with van der Waals surface area (Å²) in [7, 11) is 0. The molecule has 0 radical (unpaired) electrons. The number of carbonyl (C=O) groups is 2. The Kier molecular flexibility index (Phi) is 4.32. The van der Waals surface area contributed by atoms with Gasteiger partial charge in [0.1, 0.15) is 11.7 Å². The van der Waals surface area contributed by atoms with Gasteiger partial charge in [0.2, 0.25) is 5.91 Å². The third kappa shape index (κ3) is 3.07. The lowest BCUT2D eigenvalue weighted by atomic mass is 10.1. The minimum Gasteiger partial charge on any atom is -0.480 e. The van der Waals surface area contributed by atoms with Gasteiger partial charge in [-0.3, -0.25) is 14.9 Å². The molecule has 0 aromatic heterocycles. The Morgan fingerprint density at radius 1 is 1.48 bits per heavy atom. The zero-order chi connectivity index (χ0) is 15.6. The maximum Gasteiger partial charge on any atom is 0.327 e. The second-order valence-corrected chi connectivity index (χ2v) is 5.60. The number of nitro groups is 1. The zero-order valence-electron chi connectivity index (χ0n) is 10.9. The molecule has 21 heavy (non-hydrogen) atoms. The Bertz CT molecular complexity index is 607. The molecule has 1 aromatic carbocycles. The molecule has 8 nitrogen and oxygen atoms in total. The van der Waals surface area contributed by atoms with Gasteiger partial charge in [0, 0.05) is 29.7 Å². The molecule has 1 saturated heterocycles. The van der Waals surface area contributed by atoms with Gasteiger partial charge in [0.25, 0.3) is 5.69 Å². The third-order valence-corrected chi connectivity index (χ3v) is 4.20. The summed E-state index contributed by atoms with van der Waals surface area (Å²) in [6.07, 6.45) is 0. The van der Waals surface area contributed by atoms with Crippen molar-refractivity contribution in [3.05, 3.63) is 33.9 Å². The van der Waals surface area contributed by atoms with Crippen LogP contribution in [0.2, 0.25) is 0 Å². The molecule has 1 unspecified atom stereocenters. The summed E-state index contributed by atoms with van der Waals surface area (Å²) in [6.45, 7) is 0.352. The van der Waals surface area contributed by atoms with Gasteiger partial charge in [-0.05, 0) is 12.1 Å². The molecule has 0 bridgehead atoms. The number of anilines is 1. The van der Waals surface area contributed by atoms with Gasteiger partial charge in [-0.25, -0.2) is 4.79 Å². The summed E-state index contributed by atoms with van der Waals surface area (Å²) >= 11 is 1.47. The van der Waals surface area contributed by atoms with E-state index >= 15 is 0 Å². The Morgan fingerprint density at radius 2 is 2.19 bits per heavy atom. The van der Waals surface area contributed by atoms with E-state index in [1.165, 1.54) is 34.9 Å². The van der Waals surface area contributed by atoms with Crippen LogP contribution in [-0.4, -0.2) is 46.0 Å². The zero-order valence-corrected chi connectivity index (χ0v) is 11.7. The number of aliphatic carboxylic acids is 1. The lowest BCUT2D eigenvalue weighted by Crippen LogP contribution is -2.47. The maximum atomic E-state index is 11.3. The van der Waals surface area contributed by atoms with Crippen LogP contribution in [0, 0.1) is 10.1 Å². The number of rotatable bonds is 4. The summed E-state index contributed by atoms with van der Waals surface area (Å²) in [5, 5.41) is 20.4. The number of thioether (sulfide) groups is 1. The van der Waals surface area contributed by atoms with Crippen molar-refractivity contribution in [3.63, 3.8) is 0 Å². The average molecular weight is 311 g/mol. The van der Waals surface area contributed by atoms with Crippen molar-refractivity contribution in [2.75, 3.05) is 23.0 Å². The van der Waals surface area contributed by atoms with E-state index in [1.54, 1.807) is 0 Å². The molecule has 3 N–H and O–H groups in total. The minimum absolute atomic E-state index is 0.109. The Morgan fingerprint density at radius 3 is 2.76 bits per heavy atom. The third-order valence-electron chi connectivity index (χ3n) is 3.18. The predicted octanol–water partition coefficient (Wildman–Crippen LogP) is 0.700.